The van der Waals surface area contributed by atoms with Gasteiger partial charge in [-0.2, -0.15) is 0 Å². The van der Waals surface area contributed by atoms with Crippen molar-refractivity contribution in [2.24, 2.45) is 0 Å². The molecule has 0 spiro atoms. The van der Waals surface area contributed by atoms with Crippen molar-refractivity contribution in [3.63, 3.8) is 0 Å². The Bertz CT molecular complexity index is 1210. The molecule has 3 heterocycles. The van der Waals surface area contributed by atoms with Gasteiger partial charge >= 0.3 is 0 Å². The van der Waals surface area contributed by atoms with Gasteiger partial charge in [-0.15, -0.1) is 0 Å². The van der Waals surface area contributed by atoms with E-state index in [4.69, 9.17) is 0 Å². The van der Waals surface area contributed by atoms with Gasteiger partial charge in [0.15, 0.2) is 0 Å². The molecular weight excluding hydrogens is 368 g/mol. The minimum atomic E-state index is -0.234. The maximum Gasteiger partial charge on any atom is 0.254 e. The van der Waals surface area contributed by atoms with E-state index in [1.54, 1.807) is 12.1 Å². The van der Waals surface area contributed by atoms with Crippen LogP contribution < -0.4 is 16.2 Å². The number of H-pyrrole nitrogens is 2. The molecule has 0 unspecified atom stereocenters. The van der Waals surface area contributed by atoms with Crippen molar-refractivity contribution in [2.75, 3.05) is 11.9 Å². The fraction of sp³-hybridized carbons (Fsp3) is 0.143. The Morgan fingerprint density at radius 1 is 1.03 bits per heavy atom. The van der Waals surface area contributed by atoms with Gasteiger partial charge in [0.25, 0.3) is 5.91 Å². The Kier molecular flexibility index (Phi) is 5.07. The van der Waals surface area contributed by atoms with E-state index in [1.807, 2.05) is 25.1 Å². The van der Waals surface area contributed by atoms with Crippen LogP contribution in [0.5, 0.6) is 0 Å². The van der Waals surface area contributed by atoms with Crippen LogP contribution in [0.1, 0.15) is 21.6 Å². The van der Waals surface area contributed by atoms with Gasteiger partial charge in [-0.25, -0.2) is 9.97 Å². The molecule has 146 valence electrons. The number of pyridine rings is 1. The number of rotatable bonds is 6. The maximum atomic E-state index is 12.4. The first-order valence-electron chi connectivity index (χ1n) is 9.23. The Morgan fingerprint density at radius 3 is 2.62 bits per heavy atom. The Hall–Kier alpha value is -3.94. The number of carbonyl (C=O) groups excluding carboxylic acids is 1. The molecule has 8 heteroatoms. The van der Waals surface area contributed by atoms with Crippen molar-refractivity contribution >= 4 is 28.6 Å². The molecule has 29 heavy (non-hydrogen) atoms. The first kappa shape index (κ1) is 18.4. The van der Waals surface area contributed by atoms with Crippen LogP contribution in [0.4, 0.5) is 11.8 Å². The van der Waals surface area contributed by atoms with Gasteiger partial charge in [0.1, 0.15) is 5.82 Å². The summed E-state index contributed by atoms with van der Waals surface area (Å²) in [5.41, 5.74) is 3.55. The number of nitrogens with zero attached hydrogens (tertiary/aromatic N) is 2. The number of aromatic amines is 2. The maximum absolute atomic E-state index is 12.4. The number of anilines is 2. The fourth-order valence-corrected chi connectivity index (χ4v) is 3.21. The van der Waals surface area contributed by atoms with Gasteiger partial charge in [-0.05, 0) is 31.0 Å². The van der Waals surface area contributed by atoms with E-state index in [-0.39, 0.29) is 17.4 Å². The van der Waals surface area contributed by atoms with Gasteiger partial charge in [0, 0.05) is 41.6 Å². The molecule has 0 saturated carbocycles. The number of aromatic nitrogens is 4. The lowest BCUT2D eigenvalue weighted by atomic mass is 10.1. The normalized spacial score (nSPS) is 10.8. The average Bonchev–Trinajstić information content (AvgIpc) is 3.04. The highest BCUT2D eigenvalue weighted by Gasteiger charge is 2.10. The monoisotopic (exact) mass is 388 g/mol. The lowest BCUT2D eigenvalue weighted by Crippen LogP contribution is -2.26. The van der Waals surface area contributed by atoms with Crippen molar-refractivity contribution < 1.29 is 4.79 Å². The van der Waals surface area contributed by atoms with E-state index in [0.29, 0.717) is 17.9 Å². The van der Waals surface area contributed by atoms with Crippen molar-refractivity contribution in [1.82, 2.24) is 25.3 Å². The number of carbonyl (C=O) groups is 1. The molecule has 3 aromatic heterocycles. The predicted octanol–water partition coefficient (Wildman–Crippen LogP) is 2.67. The van der Waals surface area contributed by atoms with Crippen LogP contribution in [0.2, 0.25) is 0 Å². The predicted molar refractivity (Wildman–Crippen MR) is 111 cm³/mol. The molecule has 0 saturated heterocycles. The van der Waals surface area contributed by atoms with Crippen LogP contribution in [-0.2, 0) is 6.42 Å². The second-order valence-corrected chi connectivity index (χ2v) is 6.63. The first-order valence-corrected chi connectivity index (χ1v) is 9.23. The van der Waals surface area contributed by atoms with E-state index in [9.17, 15) is 9.59 Å². The Morgan fingerprint density at radius 2 is 1.83 bits per heavy atom. The number of para-hydroxylation sites is 1. The van der Waals surface area contributed by atoms with Crippen LogP contribution >= 0.6 is 0 Å². The van der Waals surface area contributed by atoms with Crippen LogP contribution in [0.15, 0.2) is 59.7 Å². The smallest absolute Gasteiger partial charge is 0.254 e. The van der Waals surface area contributed by atoms with E-state index in [0.717, 1.165) is 17.6 Å². The molecule has 4 rings (SSSR count). The highest BCUT2D eigenvalue weighted by molar-refractivity contribution is 5.93. The first-order chi connectivity index (χ1) is 14.1. The second-order valence-electron chi connectivity index (χ2n) is 6.63. The van der Waals surface area contributed by atoms with Crippen LogP contribution in [-0.4, -0.2) is 32.4 Å². The molecule has 0 bridgehead atoms. The molecule has 0 aliphatic rings. The number of nitrogens with one attached hydrogen (secondary N) is 4. The standard InChI is InChI=1S/C21H20N6O2/c1-13-15(16-5-2-3-6-17(16)25-13)9-10-22-20(29)14-11-23-21(24-12-14)27-18-7-4-8-19(28)26-18/h2-8,11-12,25H,9-10H2,1H3,(H,22,29)(H2,23,24,26,27,28). The summed E-state index contributed by atoms with van der Waals surface area (Å²) in [5.74, 6) is 0.531. The summed E-state index contributed by atoms with van der Waals surface area (Å²) in [6.45, 7) is 2.55. The summed E-state index contributed by atoms with van der Waals surface area (Å²) < 4.78 is 0. The molecule has 1 aromatic carbocycles. The number of hydrogen-bond acceptors (Lipinski definition) is 5. The van der Waals surface area contributed by atoms with Crippen molar-refractivity contribution in [1.29, 1.82) is 0 Å². The van der Waals surface area contributed by atoms with E-state index >= 15 is 0 Å². The summed E-state index contributed by atoms with van der Waals surface area (Å²) in [6.07, 6.45) is 3.62. The van der Waals surface area contributed by atoms with Crippen molar-refractivity contribution in [3.8, 4) is 0 Å². The third-order valence-electron chi connectivity index (χ3n) is 4.62. The molecule has 0 atom stereocenters. The average molecular weight is 388 g/mol. The summed E-state index contributed by atoms with van der Waals surface area (Å²) in [6, 6.07) is 12.9. The van der Waals surface area contributed by atoms with E-state index < -0.39 is 0 Å². The summed E-state index contributed by atoms with van der Waals surface area (Å²) in [7, 11) is 0. The molecule has 0 aliphatic carbocycles. The number of hydrogen-bond donors (Lipinski definition) is 4. The van der Waals surface area contributed by atoms with E-state index in [2.05, 4.69) is 36.6 Å². The zero-order valence-corrected chi connectivity index (χ0v) is 15.8. The van der Waals surface area contributed by atoms with Crippen molar-refractivity contribution in [2.45, 2.75) is 13.3 Å². The summed E-state index contributed by atoms with van der Waals surface area (Å²) in [5, 5.41) is 6.97. The number of fused-ring (bicyclic) bond motifs is 1. The van der Waals surface area contributed by atoms with Crippen LogP contribution in [0.25, 0.3) is 10.9 Å². The molecule has 8 nitrogen and oxygen atoms in total. The van der Waals surface area contributed by atoms with Crippen LogP contribution in [0, 0.1) is 6.92 Å². The molecule has 0 aliphatic heterocycles. The van der Waals surface area contributed by atoms with Gasteiger partial charge in [-0.1, -0.05) is 24.3 Å². The number of aryl methyl sites for hydroxylation is 1. The molecule has 0 radical (unpaired) electrons. The SMILES string of the molecule is Cc1[nH]c2ccccc2c1CCNC(=O)c1cnc(Nc2cccc(=O)[nH]2)nc1. The Balaban J connectivity index is 1.36. The van der Waals surface area contributed by atoms with Gasteiger partial charge in [-0.3, -0.25) is 9.59 Å². The quantitative estimate of drug-likeness (QED) is 0.405. The zero-order chi connectivity index (χ0) is 20.2. The fourth-order valence-electron chi connectivity index (χ4n) is 3.21. The third kappa shape index (κ3) is 4.16. The second kappa shape index (κ2) is 7.97. The minimum absolute atomic E-state index is 0.226. The van der Waals surface area contributed by atoms with Gasteiger partial charge in [0.05, 0.1) is 5.56 Å². The van der Waals surface area contributed by atoms with Gasteiger partial charge < -0.3 is 20.6 Å². The lowest BCUT2D eigenvalue weighted by molar-refractivity contribution is 0.0953. The Labute approximate surface area is 166 Å². The lowest BCUT2D eigenvalue weighted by Gasteiger charge is -2.07. The van der Waals surface area contributed by atoms with Crippen molar-refractivity contribution in [3.05, 3.63) is 82.0 Å². The molecule has 4 N–H and O–H groups in total. The van der Waals surface area contributed by atoms with Crippen LogP contribution in [0.3, 0.4) is 0 Å². The van der Waals surface area contributed by atoms with E-state index in [1.165, 1.54) is 29.4 Å². The summed E-state index contributed by atoms with van der Waals surface area (Å²) >= 11 is 0. The highest BCUT2D eigenvalue weighted by Crippen LogP contribution is 2.21. The minimum Gasteiger partial charge on any atom is -0.358 e. The number of amides is 1. The highest BCUT2D eigenvalue weighted by atomic mass is 16.1. The molecule has 4 aromatic rings. The zero-order valence-electron chi connectivity index (χ0n) is 15.8. The molecule has 0 fully saturated rings. The third-order valence-corrected chi connectivity index (χ3v) is 4.62. The largest absolute Gasteiger partial charge is 0.358 e. The molecule has 1 amide bonds. The summed E-state index contributed by atoms with van der Waals surface area (Å²) in [4.78, 5) is 37.9. The molecular formula is C21H20N6O2. The number of benzene rings is 1. The van der Waals surface area contributed by atoms with Gasteiger partial charge in [0.2, 0.25) is 11.5 Å². The topological polar surface area (TPSA) is 116 Å².